The lowest BCUT2D eigenvalue weighted by Crippen LogP contribution is -2.26. The lowest BCUT2D eigenvalue weighted by Gasteiger charge is -2.08. The lowest BCUT2D eigenvalue weighted by molar-refractivity contribution is 0.0946. The van der Waals surface area contributed by atoms with Crippen molar-refractivity contribution in [3.05, 3.63) is 59.1 Å². The molecular weight excluding hydrogens is 306 g/mol. The van der Waals surface area contributed by atoms with E-state index in [0.29, 0.717) is 12.2 Å². The maximum absolute atomic E-state index is 12.5. The number of hydrogen-bond donors (Lipinski definition) is 1. The molecule has 2 aromatic heterocycles. The topological polar surface area (TPSA) is 46.9 Å². The Balaban J connectivity index is 2.06. The number of nitrogens with one attached hydrogen (secondary N) is 1. The third kappa shape index (κ3) is 3.35. The number of carbonyl (C=O) groups is 1. The van der Waals surface area contributed by atoms with Crippen LogP contribution in [0.1, 0.15) is 29.4 Å². The number of carbonyl (C=O) groups excluding carboxylic acids is 1. The molecule has 0 saturated heterocycles. The minimum absolute atomic E-state index is 0.0938. The molecule has 0 aliphatic rings. The average molecular weight is 325 g/mol. The number of aromatic nitrogens is 2. The third-order valence-electron chi connectivity index (χ3n) is 3.50. The molecule has 118 valence electrons. The minimum atomic E-state index is -0.0938. The molecule has 1 amide bonds. The summed E-state index contributed by atoms with van der Waals surface area (Å²) in [7, 11) is 0. The van der Waals surface area contributed by atoms with Gasteiger partial charge in [0.05, 0.1) is 10.6 Å². The highest BCUT2D eigenvalue weighted by Gasteiger charge is 2.17. The first kappa shape index (κ1) is 15.5. The summed E-state index contributed by atoms with van der Waals surface area (Å²) in [6, 6.07) is 13.9. The average Bonchev–Trinajstić information content (AvgIpc) is 3.21. The van der Waals surface area contributed by atoms with E-state index in [0.717, 1.165) is 28.2 Å². The Morgan fingerprint density at radius 3 is 2.83 bits per heavy atom. The van der Waals surface area contributed by atoms with Gasteiger partial charge in [0.2, 0.25) is 0 Å². The van der Waals surface area contributed by atoms with E-state index in [4.69, 9.17) is 0 Å². The summed E-state index contributed by atoms with van der Waals surface area (Å²) in [4.78, 5) is 13.6. The predicted octanol–water partition coefficient (Wildman–Crippen LogP) is 4.05. The molecule has 0 spiro atoms. The molecule has 0 bridgehead atoms. The Labute approximate surface area is 139 Å². The molecule has 3 rings (SSSR count). The molecule has 2 heterocycles. The van der Waals surface area contributed by atoms with Gasteiger partial charge in [-0.15, -0.1) is 11.3 Å². The summed E-state index contributed by atoms with van der Waals surface area (Å²) in [6.45, 7) is 4.73. The fourth-order valence-electron chi connectivity index (χ4n) is 2.37. The van der Waals surface area contributed by atoms with Gasteiger partial charge in [-0.2, -0.15) is 5.10 Å². The van der Waals surface area contributed by atoms with E-state index >= 15 is 0 Å². The van der Waals surface area contributed by atoms with Crippen molar-refractivity contribution < 1.29 is 4.79 Å². The summed E-state index contributed by atoms with van der Waals surface area (Å²) >= 11 is 1.62. The van der Waals surface area contributed by atoms with Gasteiger partial charge in [-0.25, -0.2) is 4.68 Å². The maximum Gasteiger partial charge on any atom is 0.270 e. The van der Waals surface area contributed by atoms with Gasteiger partial charge < -0.3 is 5.32 Å². The van der Waals surface area contributed by atoms with Crippen molar-refractivity contribution in [2.45, 2.75) is 20.3 Å². The van der Waals surface area contributed by atoms with Gasteiger partial charge in [-0.1, -0.05) is 25.1 Å². The van der Waals surface area contributed by atoms with Crippen molar-refractivity contribution in [1.29, 1.82) is 0 Å². The van der Waals surface area contributed by atoms with Crippen molar-refractivity contribution >= 4 is 17.2 Å². The second kappa shape index (κ2) is 6.79. The van der Waals surface area contributed by atoms with Crippen LogP contribution in [0.15, 0.2) is 47.8 Å². The minimum Gasteiger partial charge on any atom is -0.351 e. The molecule has 0 aliphatic carbocycles. The molecule has 0 saturated carbocycles. The fraction of sp³-hybridized carbons (Fsp3) is 0.222. The first-order valence-electron chi connectivity index (χ1n) is 7.68. The summed E-state index contributed by atoms with van der Waals surface area (Å²) < 4.78 is 1.73. The van der Waals surface area contributed by atoms with Gasteiger partial charge in [0.1, 0.15) is 11.4 Å². The predicted molar refractivity (Wildman–Crippen MR) is 94.2 cm³/mol. The normalized spacial score (nSPS) is 10.7. The van der Waals surface area contributed by atoms with Crippen molar-refractivity contribution in [3.8, 4) is 16.3 Å². The second-order valence-corrected chi connectivity index (χ2v) is 6.35. The molecule has 0 radical (unpaired) electrons. The van der Waals surface area contributed by atoms with Crippen LogP contribution in [0, 0.1) is 6.92 Å². The molecule has 1 aromatic carbocycles. The first-order valence-corrected chi connectivity index (χ1v) is 8.56. The highest BCUT2D eigenvalue weighted by molar-refractivity contribution is 7.13. The number of thiophene rings is 1. The van der Waals surface area contributed by atoms with Gasteiger partial charge in [-0.3, -0.25) is 4.79 Å². The number of benzene rings is 1. The van der Waals surface area contributed by atoms with Crippen molar-refractivity contribution in [3.63, 3.8) is 0 Å². The van der Waals surface area contributed by atoms with Crippen LogP contribution in [0.3, 0.4) is 0 Å². The largest absolute Gasteiger partial charge is 0.351 e. The zero-order valence-electron chi connectivity index (χ0n) is 13.2. The highest BCUT2D eigenvalue weighted by Crippen LogP contribution is 2.26. The Morgan fingerprint density at radius 1 is 1.26 bits per heavy atom. The van der Waals surface area contributed by atoms with Crippen molar-refractivity contribution in [1.82, 2.24) is 15.1 Å². The maximum atomic E-state index is 12.5. The standard InChI is InChI=1S/C18H19N3OS/c1-3-9-19-18(22)16-12-15(17-8-5-10-23-17)20-21(16)14-7-4-6-13(2)11-14/h4-8,10-12H,3,9H2,1-2H3,(H,19,22). The summed E-state index contributed by atoms with van der Waals surface area (Å²) in [5.74, 6) is -0.0938. The highest BCUT2D eigenvalue weighted by atomic mass is 32.1. The Morgan fingerprint density at radius 2 is 2.13 bits per heavy atom. The molecule has 0 aliphatic heterocycles. The molecular formula is C18H19N3OS. The van der Waals surface area contributed by atoms with E-state index in [1.807, 2.05) is 61.7 Å². The van der Waals surface area contributed by atoms with Gasteiger partial charge in [0, 0.05) is 6.54 Å². The molecule has 0 fully saturated rings. The van der Waals surface area contributed by atoms with Gasteiger partial charge in [0.15, 0.2) is 0 Å². The van der Waals surface area contributed by atoms with Gasteiger partial charge in [0.25, 0.3) is 5.91 Å². The smallest absolute Gasteiger partial charge is 0.270 e. The number of nitrogens with zero attached hydrogens (tertiary/aromatic N) is 2. The van der Waals surface area contributed by atoms with E-state index in [9.17, 15) is 4.79 Å². The summed E-state index contributed by atoms with van der Waals surface area (Å²) in [6.07, 6.45) is 0.905. The molecule has 5 heteroatoms. The number of hydrogen-bond acceptors (Lipinski definition) is 3. The monoisotopic (exact) mass is 325 g/mol. The number of amides is 1. The SMILES string of the molecule is CCCNC(=O)c1cc(-c2cccs2)nn1-c1cccc(C)c1. The lowest BCUT2D eigenvalue weighted by atomic mass is 10.2. The van der Waals surface area contributed by atoms with E-state index in [-0.39, 0.29) is 5.91 Å². The fourth-order valence-corrected chi connectivity index (χ4v) is 3.05. The van der Waals surface area contributed by atoms with Crippen LogP contribution in [0.25, 0.3) is 16.3 Å². The summed E-state index contributed by atoms with van der Waals surface area (Å²) in [5.41, 5.74) is 3.42. The van der Waals surface area contributed by atoms with Crippen LogP contribution in [0.5, 0.6) is 0 Å². The van der Waals surface area contributed by atoms with E-state index in [2.05, 4.69) is 10.4 Å². The second-order valence-electron chi connectivity index (χ2n) is 5.40. The molecule has 3 aromatic rings. The Bertz CT molecular complexity index is 806. The van der Waals surface area contributed by atoms with Crippen LogP contribution >= 0.6 is 11.3 Å². The van der Waals surface area contributed by atoms with Crippen LogP contribution in [-0.4, -0.2) is 22.2 Å². The van der Waals surface area contributed by atoms with Crippen LogP contribution in [0.2, 0.25) is 0 Å². The van der Waals surface area contributed by atoms with E-state index in [1.165, 1.54) is 0 Å². The quantitative estimate of drug-likeness (QED) is 0.769. The van der Waals surface area contributed by atoms with E-state index in [1.54, 1.807) is 16.0 Å². The van der Waals surface area contributed by atoms with Crippen LogP contribution in [0.4, 0.5) is 0 Å². The first-order chi connectivity index (χ1) is 11.2. The third-order valence-corrected chi connectivity index (χ3v) is 4.39. The number of rotatable bonds is 5. The zero-order valence-corrected chi connectivity index (χ0v) is 14.1. The van der Waals surface area contributed by atoms with Crippen LogP contribution in [-0.2, 0) is 0 Å². The zero-order chi connectivity index (χ0) is 16.2. The van der Waals surface area contributed by atoms with Gasteiger partial charge in [-0.05, 0) is 48.6 Å². The molecule has 1 N–H and O–H groups in total. The number of aryl methyl sites for hydroxylation is 1. The molecule has 0 atom stereocenters. The van der Waals surface area contributed by atoms with E-state index < -0.39 is 0 Å². The van der Waals surface area contributed by atoms with Crippen LogP contribution < -0.4 is 5.32 Å². The molecule has 4 nitrogen and oxygen atoms in total. The molecule has 0 unspecified atom stereocenters. The molecule has 23 heavy (non-hydrogen) atoms. The van der Waals surface area contributed by atoms with Crippen molar-refractivity contribution in [2.24, 2.45) is 0 Å². The van der Waals surface area contributed by atoms with Crippen molar-refractivity contribution in [2.75, 3.05) is 6.54 Å². The Kier molecular flexibility index (Phi) is 4.57. The summed E-state index contributed by atoms with van der Waals surface area (Å²) in [5, 5.41) is 9.61. The Hall–Kier alpha value is -2.40. The van der Waals surface area contributed by atoms with Gasteiger partial charge >= 0.3 is 0 Å².